The van der Waals surface area contributed by atoms with E-state index in [4.69, 9.17) is 5.73 Å². The molecule has 0 radical (unpaired) electrons. The molecular weight excluding hydrogens is 228 g/mol. The monoisotopic (exact) mass is 246 g/mol. The lowest BCUT2D eigenvalue weighted by Gasteiger charge is -2.17. The zero-order valence-electron chi connectivity index (χ0n) is 9.79. The van der Waals surface area contributed by atoms with E-state index in [0.717, 1.165) is 0 Å². The number of hydrogen-bond donors (Lipinski definition) is 1. The number of aromatic nitrogens is 2. The minimum absolute atomic E-state index is 0.0100. The standard InChI is InChI=1S/C9H18N4O2S/c1-8(10)5-7-12(2)16(14,15)9-4-6-11-13(9)3/h4,6,8H,5,7,10H2,1-3H3. The van der Waals surface area contributed by atoms with E-state index in [1.165, 1.54) is 21.3 Å². The van der Waals surface area contributed by atoms with Crippen molar-refractivity contribution in [2.45, 2.75) is 24.4 Å². The van der Waals surface area contributed by atoms with E-state index in [1.807, 2.05) is 6.92 Å². The summed E-state index contributed by atoms with van der Waals surface area (Å²) in [5.74, 6) is 0. The minimum atomic E-state index is -3.44. The molecule has 1 atom stereocenters. The van der Waals surface area contributed by atoms with Gasteiger partial charge in [0.1, 0.15) is 0 Å². The smallest absolute Gasteiger partial charge is 0.259 e. The second-order valence-electron chi connectivity index (χ2n) is 3.89. The van der Waals surface area contributed by atoms with E-state index < -0.39 is 10.0 Å². The van der Waals surface area contributed by atoms with Gasteiger partial charge in [-0.1, -0.05) is 0 Å². The molecule has 1 rings (SSSR count). The van der Waals surface area contributed by atoms with Crippen LogP contribution in [0.2, 0.25) is 0 Å². The lowest BCUT2D eigenvalue weighted by Crippen LogP contribution is -2.32. The fourth-order valence-corrected chi connectivity index (χ4v) is 2.56. The molecule has 0 saturated carbocycles. The fourth-order valence-electron chi connectivity index (χ4n) is 1.28. The predicted octanol–water partition coefficient (Wildman–Crippen LogP) is -0.222. The van der Waals surface area contributed by atoms with Crippen LogP contribution in [0.5, 0.6) is 0 Å². The van der Waals surface area contributed by atoms with Crippen molar-refractivity contribution < 1.29 is 8.42 Å². The average molecular weight is 246 g/mol. The summed E-state index contributed by atoms with van der Waals surface area (Å²) in [7, 11) is -0.294. The van der Waals surface area contributed by atoms with Gasteiger partial charge in [0.05, 0.1) is 6.20 Å². The highest BCUT2D eigenvalue weighted by Gasteiger charge is 2.23. The molecule has 0 aliphatic carbocycles. The number of hydrogen-bond acceptors (Lipinski definition) is 4. The van der Waals surface area contributed by atoms with Crippen LogP contribution in [0.25, 0.3) is 0 Å². The lowest BCUT2D eigenvalue weighted by molar-refractivity contribution is 0.439. The molecule has 0 amide bonds. The highest BCUT2D eigenvalue weighted by Crippen LogP contribution is 2.12. The van der Waals surface area contributed by atoms with Gasteiger partial charge in [-0.2, -0.15) is 9.40 Å². The van der Waals surface area contributed by atoms with E-state index >= 15 is 0 Å². The Labute approximate surface area is 96.1 Å². The molecule has 0 fully saturated rings. The normalized spacial score (nSPS) is 14.3. The van der Waals surface area contributed by atoms with Gasteiger partial charge in [-0.15, -0.1) is 0 Å². The maximum atomic E-state index is 12.1. The molecule has 2 N–H and O–H groups in total. The summed E-state index contributed by atoms with van der Waals surface area (Å²) in [6.45, 7) is 2.26. The fraction of sp³-hybridized carbons (Fsp3) is 0.667. The molecule has 1 aromatic rings. The molecule has 16 heavy (non-hydrogen) atoms. The number of nitrogens with zero attached hydrogens (tertiary/aromatic N) is 3. The number of sulfonamides is 1. The third-order valence-electron chi connectivity index (χ3n) is 2.35. The third kappa shape index (κ3) is 2.81. The third-order valence-corrected chi connectivity index (χ3v) is 4.28. The van der Waals surface area contributed by atoms with Crippen LogP contribution in [-0.4, -0.2) is 42.1 Å². The van der Waals surface area contributed by atoms with Gasteiger partial charge in [-0.3, -0.25) is 4.68 Å². The molecule has 0 aromatic carbocycles. The first-order valence-electron chi connectivity index (χ1n) is 5.05. The van der Waals surface area contributed by atoms with Crippen LogP contribution < -0.4 is 5.73 Å². The first kappa shape index (κ1) is 13.1. The molecule has 0 spiro atoms. The Morgan fingerprint density at radius 2 is 2.25 bits per heavy atom. The summed E-state index contributed by atoms with van der Waals surface area (Å²) in [6, 6.07) is 1.47. The Balaban J connectivity index is 2.83. The van der Waals surface area contributed by atoms with E-state index in [1.54, 1.807) is 14.1 Å². The van der Waals surface area contributed by atoms with Crippen LogP contribution in [0.3, 0.4) is 0 Å². The molecule has 1 unspecified atom stereocenters. The molecular formula is C9H18N4O2S. The van der Waals surface area contributed by atoms with E-state index in [9.17, 15) is 8.42 Å². The van der Waals surface area contributed by atoms with Gasteiger partial charge in [-0.05, 0) is 19.4 Å². The summed E-state index contributed by atoms with van der Waals surface area (Å²) in [4.78, 5) is 0. The van der Waals surface area contributed by atoms with Crippen LogP contribution in [0.15, 0.2) is 17.3 Å². The van der Waals surface area contributed by atoms with Crippen molar-refractivity contribution in [2.24, 2.45) is 12.8 Å². The Morgan fingerprint density at radius 1 is 1.62 bits per heavy atom. The minimum Gasteiger partial charge on any atom is -0.328 e. The van der Waals surface area contributed by atoms with Gasteiger partial charge in [0.15, 0.2) is 5.03 Å². The van der Waals surface area contributed by atoms with Gasteiger partial charge >= 0.3 is 0 Å². The average Bonchev–Trinajstić information content (AvgIpc) is 2.61. The van der Waals surface area contributed by atoms with Crippen molar-refractivity contribution in [2.75, 3.05) is 13.6 Å². The first-order chi connectivity index (χ1) is 7.35. The molecule has 0 saturated heterocycles. The molecule has 1 heterocycles. The van der Waals surface area contributed by atoms with Crippen LogP contribution in [0.1, 0.15) is 13.3 Å². The Hall–Kier alpha value is -0.920. The van der Waals surface area contributed by atoms with Crippen molar-refractivity contribution >= 4 is 10.0 Å². The maximum Gasteiger partial charge on any atom is 0.259 e. The quantitative estimate of drug-likeness (QED) is 0.778. The second kappa shape index (κ2) is 4.94. The topological polar surface area (TPSA) is 81.2 Å². The van der Waals surface area contributed by atoms with Crippen molar-refractivity contribution in [3.05, 3.63) is 12.3 Å². The van der Waals surface area contributed by atoms with Gasteiger partial charge < -0.3 is 5.73 Å². The molecule has 92 valence electrons. The largest absolute Gasteiger partial charge is 0.328 e. The Morgan fingerprint density at radius 3 is 2.69 bits per heavy atom. The van der Waals surface area contributed by atoms with Gasteiger partial charge in [0.25, 0.3) is 10.0 Å². The lowest BCUT2D eigenvalue weighted by atomic mass is 10.2. The summed E-state index contributed by atoms with van der Waals surface area (Å²) in [5.41, 5.74) is 5.59. The van der Waals surface area contributed by atoms with Crippen molar-refractivity contribution in [3.8, 4) is 0 Å². The molecule has 7 heteroatoms. The summed E-state index contributed by atoms with van der Waals surface area (Å²) >= 11 is 0. The summed E-state index contributed by atoms with van der Waals surface area (Å²) < 4.78 is 26.7. The Bertz CT molecular complexity index is 438. The predicted molar refractivity (Wildman–Crippen MR) is 61.3 cm³/mol. The van der Waals surface area contributed by atoms with Crippen molar-refractivity contribution in [1.82, 2.24) is 14.1 Å². The molecule has 1 aromatic heterocycles. The van der Waals surface area contributed by atoms with Crippen LogP contribution in [-0.2, 0) is 17.1 Å². The molecule has 0 aliphatic rings. The van der Waals surface area contributed by atoms with E-state index in [0.29, 0.717) is 13.0 Å². The van der Waals surface area contributed by atoms with E-state index in [2.05, 4.69) is 5.10 Å². The van der Waals surface area contributed by atoms with E-state index in [-0.39, 0.29) is 11.1 Å². The molecule has 0 aliphatic heterocycles. The zero-order valence-corrected chi connectivity index (χ0v) is 10.6. The van der Waals surface area contributed by atoms with Gasteiger partial charge in [-0.25, -0.2) is 8.42 Å². The van der Waals surface area contributed by atoms with Crippen LogP contribution >= 0.6 is 0 Å². The van der Waals surface area contributed by atoms with Gasteiger partial charge in [0, 0.05) is 26.7 Å². The van der Waals surface area contributed by atoms with Crippen molar-refractivity contribution in [3.63, 3.8) is 0 Å². The molecule has 0 bridgehead atoms. The van der Waals surface area contributed by atoms with Crippen molar-refractivity contribution in [1.29, 1.82) is 0 Å². The Kier molecular flexibility index (Phi) is 4.06. The van der Waals surface area contributed by atoms with Crippen LogP contribution in [0.4, 0.5) is 0 Å². The van der Waals surface area contributed by atoms with Crippen LogP contribution in [0, 0.1) is 0 Å². The zero-order chi connectivity index (χ0) is 12.3. The second-order valence-corrected chi connectivity index (χ2v) is 5.88. The number of rotatable bonds is 5. The van der Waals surface area contributed by atoms with Gasteiger partial charge in [0.2, 0.25) is 0 Å². The number of nitrogens with two attached hydrogens (primary N) is 1. The highest BCUT2D eigenvalue weighted by atomic mass is 32.2. The first-order valence-corrected chi connectivity index (χ1v) is 6.49. The molecule has 6 nitrogen and oxygen atoms in total. The summed E-state index contributed by atoms with van der Waals surface area (Å²) in [5, 5.41) is 4.04. The summed E-state index contributed by atoms with van der Waals surface area (Å²) in [6.07, 6.45) is 2.10. The maximum absolute atomic E-state index is 12.1. The number of aryl methyl sites for hydroxylation is 1. The SMILES string of the molecule is CC(N)CCN(C)S(=O)(=O)c1ccnn1C. The highest BCUT2D eigenvalue weighted by molar-refractivity contribution is 7.89.